The highest BCUT2D eigenvalue weighted by Gasteiger charge is 2.31. The van der Waals surface area contributed by atoms with Gasteiger partial charge in [0.2, 0.25) is 0 Å². The predicted molar refractivity (Wildman–Crippen MR) is 79.8 cm³/mol. The summed E-state index contributed by atoms with van der Waals surface area (Å²) < 4.78 is 45.9. The van der Waals surface area contributed by atoms with E-state index in [2.05, 4.69) is 4.74 Å². The molecule has 1 fully saturated rings. The van der Waals surface area contributed by atoms with Crippen LogP contribution in [0.3, 0.4) is 0 Å². The fourth-order valence-corrected chi connectivity index (χ4v) is 2.43. The number of hydrogen-bond donors (Lipinski definition) is 1. The first-order valence-electron chi connectivity index (χ1n) is 7.53. The lowest BCUT2D eigenvalue weighted by Gasteiger charge is -2.14. The lowest BCUT2D eigenvalue weighted by atomic mass is 9.95. The first kappa shape index (κ1) is 18.8. The maximum absolute atomic E-state index is 12.2. The second-order valence-corrected chi connectivity index (χ2v) is 5.20. The van der Waals surface area contributed by atoms with Gasteiger partial charge in [0.25, 0.3) is 0 Å². The van der Waals surface area contributed by atoms with Gasteiger partial charge in [-0.05, 0) is 48.9 Å². The highest BCUT2D eigenvalue weighted by atomic mass is 19.4. The average molecular weight is 319 g/mol. The Morgan fingerprint density at radius 3 is 2.45 bits per heavy atom. The van der Waals surface area contributed by atoms with Gasteiger partial charge in [-0.15, -0.1) is 13.2 Å². The Balaban J connectivity index is 0.00000116. The second-order valence-electron chi connectivity index (χ2n) is 5.20. The van der Waals surface area contributed by atoms with Gasteiger partial charge in [0.1, 0.15) is 5.75 Å². The zero-order valence-corrected chi connectivity index (χ0v) is 13.2. The summed E-state index contributed by atoms with van der Waals surface area (Å²) in [6.45, 7) is 6.93. The largest absolute Gasteiger partial charge is 0.573 e. The van der Waals surface area contributed by atoms with E-state index >= 15 is 0 Å². The molecular formula is C16H24F3NO2. The number of aryl methyl sites for hydroxylation is 2. The van der Waals surface area contributed by atoms with Crippen molar-refractivity contribution < 1.29 is 22.6 Å². The van der Waals surface area contributed by atoms with Gasteiger partial charge in [-0.25, -0.2) is 0 Å². The second kappa shape index (κ2) is 8.39. The molecule has 0 aromatic heterocycles. The Morgan fingerprint density at radius 2 is 1.91 bits per heavy atom. The summed E-state index contributed by atoms with van der Waals surface area (Å²) in [5.74, 6) is 0.0990. The van der Waals surface area contributed by atoms with Crippen LogP contribution in [0.5, 0.6) is 5.75 Å². The van der Waals surface area contributed by atoms with E-state index in [1.807, 2.05) is 19.9 Å². The van der Waals surface area contributed by atoms with Crippen LogP contribution < -0.4 is 10.5 Å². The molecular weight excluding hydrogens is 295 g/mol. The van der Waals surface area contributed by atoms with Crippen molar-refractivity contribution in [2.75, 3.05) is 13.2 Å². The predicted octanol–water partition coefficient (Wildman–Crippen LogP) is 3.83. The first-order valence-corrected chi connectivity index (χ1v) is 7.53. The standard InChI is InChI=1S/C14H18F3NO2.C2H6/c1-9-4-10(2-3-11-7-19-8-13(11)18)6-12(5-9)20-14(15,16)17;1-2/h4-6,11,13H,2-3,7-8,18H2,1H3;1-2H3. The van der Waals surface area contributed by atoms with Crippen LogP contribution in [0.25, 0.3) is 0 Å². The molecule has 0 amide bonds. The average Bonchev–Trinajstić information content (AvgIpc) is 2.81. The van der Waals surface area contributed by atoms with Gasteiger partial charge < -0.3 is 15.2 Å². The van der Waals surface area contributed by atoms with E-state index in [4.69, 9.17) is 10.5 Å². The van der Waals surface area contributed by atoms with Gasteiger partial charge in [-0.1, -0.05) is 19.9 Å². The molecule has 126 valence electrons. The molecule has 1 aromatic rings. The number of halogens is 3. The van der Waals surface area contributed by atoms with Crippen LogP contribution in [-0.2, 0) is 11.2 Å². The molecule has 0 spiro atoms. The zero-order valence-electron chi connectivity index (χ0n) is 13.2. The number of ether oxygens (including phenoxy) is 2. The van der Waals surface area contributed by atoms with Crippen molar-refractivity contribution in [1.29, 1.82) is 0 Å². The molecule has 1 aromatic carbocycles. The maximum atomic E-state index is 12.2. The van der Waals surface area contributed by atoms with Crippen molar-refractivity contribution in [2.24, 2.45) is 11.7 Å². The van der Waals surface area contributed by atoms with Crippen molar-refractivity contribution in [3.05, 3.63) is 29.3 Å². The van der Waals surface area contributed by atoms with Crippen LogP contribution in [0.2, 0.25) is 0 Å². The third-order valence-electron chi connectivity index (χ3n) is 3.40. The number of alkyl halides is 3. The molecule has 1 aliphatic heterocycles. The van der Waals surface area contributed by atoms with Gasteiger partial charge in [0, 0.05) is 6.04 Å². The molecule has 0 radical (unpaired) electrons. The summed E-state index contributed by atoms with van der Waals surface area (Å²) in [5.41, 5.74) is 7.45. The first-order chi connectivity index (χ1) is 10.3. The smallest absolute Gasteiger partial charge is 0.406 e. The fourth-order valence-electron chi connectivity index (χ4n) is 2.43. The quantitative estimate of drug-likeness (QED) is 0.917. The van der Waals surface area contributed by atoms with Crippen LogP contribution in [0.1, 0.15) is 31.4 Å². The highest BCUT2D eigenvalue weighted by molar-refractivity contribution is 5.34. The van der Waals surface area contributed by atoms with E-state index in [1.165, 1.54) is 12.1 Å². The normalized spacial score (nSPS) is 21.2. The zero-order chi connectivity index (χ0) is 16.8. The number of hydrogen-bond acceptors (Lipinski definition) is 3. The molecule has 2 N–H and O–H groups in total. The number of nitrogens with two attached hydrogens (primary N) is 1. The van der Waals surface area contributed by atoms with Crippen molar-refractivity contribution in [1.82, 2.24) is 0 Å². The van der Waals surface area contributed by atoms with Crippen molar-refractivity contribution >= 4 is 0 Å². The third kappa shape index (κ3) is 6.23. The summed E-state index contributed by atoms with van der Waals surface area (Å²) in [4.78, 5) is 0. The van der Waals surface area contributed by atoms with E-state index in [0.29, 0.717) is 19.6 Å². The number of benzene rings is 1. The molecule has 1 heterocycles. The molecule has 2 rings (SSSR count). The molecule has 2 unspecified atom stereocenters. The summed E-state index contributed by atoms with van der Waals surface area (Å²) in [6.07, 6.45) is -3.19. The van der Waals surface area contributed by atoms with Crippen LogP contribution in [0.15, 0.2) is 18.2 Å². The van der Waals surface area contributed by atoms with E-state index in [-0.39, 0.29) is 17.7 Å². The lowest BCUT2D eigenvalue weighted by molar-refractivity contribution is -0.274. The minimum absolute atomic E-state index is 0.0192. The molecule has 2 atom stereocenters. The van der Waals surface area contributed by atoms with E-state index in [1.54, 1.807) is 6.92 Å². The third-order valence-corrected chi connectivity index (χ3v) is 3.40. The Kier molecular flexibility index (Phi) is 7.16. The lowest BCUT2D eigenvalue weighted by Crippen LogP contribution is -2.28. The SMILES string of the molecule is CC.Cc1cc(CCC2COCC2N)cc(OC(F)(F)F)c1. The summed E-state index contributed by atoms with van der Waals surface area (Å²) >= 11 is 0. The summed E-state index contributed by atoms with van der Waals surface area (Å²) in [7, 11) is 0. The molecule has 0 bridgehead atoms. The Labute approximate surface area is 129 Å². The fraction of sp³-hybridized carbons (Fsp3) is 0.625. The monoisotopic (exact) mass is 319 g/mol. The van der Waals surface area contributed by atoms with Gasteiger partial charge >= 0.3 is 6.36 Å². The summed E-state index contributed by atoms with van der Waals surface area (Å²) in [5, 5.41) is 0. The topological polar surface area (TPSA) is 44.5 Å². The van der Waals surface area contributed by atoms with Crippen LogP contribution in [0, 0.1) is 12.8 Å². The van der Waals surface area contributed by atoms with Gasteiger partial charge in [0.05, 0.1) is 13.2 Å². The van der Waals surface area contributed by atoms with Crippen LogP contribution in [-0.4, -0.2) is 25.6 Å². The molecule has 3 nitrogen and oxygen atoms in total. The Morgan fingerprint density at radius 1 is 1.23 bits per heavy atom. The van der Waals surface area contributed by atoms with Gasteiger partial charge in [-0.2, -0.15) is 0 Å². The van der Waals surface area contributed by atoms with Crippen LogP contribution >= 0.6 is 0 Å². The van der Waals surface area contributed by atoms with Gasteiger partial charge in [0.15, 0.2) is 0 Å². The molecule has 0 saturated carbocycles. The number of rotatable bonds is 4. The Bertz CT molecular complexity index is 463. The van der Waals surface area contributed by atoms with Gasteiger partial charge in [-0.3, -0.25) is 0 Å². The molecule has 0 aliphatic carbocycles. The van der Waals surface area contributed by atoms with Crippen molar-refractivity contribution in [2.45, 2.75) is 46.0 Å². The highest BCUT2D eigenvalue weighted by Crippen LogP contribution is 2.26. The molecule has 6 heteroatoms. The summed E-state index contributed by atoms with van der Waals surface area (Å²) in [6, 6.07) is 4.69. The maximum Gasteiger partial charge on any atom is 0.573 e. The molecule has 22 heavy (non-hydrogen) atoms. The minimum Gasteiger partial charge on any atom is -0.406 e. The van der Waals surface area contributed by atoms with Crippen molar-refractivity contribution in [3.8, 4) is 5.75 Å². The van der Waals surface area contributed by atoms with E-state index in [9.17, 15) is 13.2 Å². The van der Waals surface area contributed by atoms with E-state index in [0.717, 1.165) is 17.5 Å². The molecule has 1 saturated heterocycles. The van der Waals surface area contributed by atoms with E-state index < -0.39 is 6.36 Å². The Hall–Kier alpha value is -1.27. The minimum atomic E-state index is -4.66. The van der Waals surface area contributed by atoms with Crippen LogP contribution in [0.4, 0.5) is 13.2 Å². The van der Waals surface area contributed by atoms with Crippen molar-refractivity contribution in [3.63, 3.8) is 0 Å². The molecule has 1 aliphatic rings.